The van der Waals surface area contributed by atoms with Crippen LogP contribution in [0.25, 0.3) is 0 Å². The van der Waals surface area contributed by atoms with E-state index in [-0.39, 0.29) is 5.78 Å². The Morgan fingerprint density at radius 1 is 1.04 bits per heavy atom. The topological polar surface area (TPSA) is 38.8 Å². The molecule has 126 valence electrons. The van der Waals surface area contributed by atoms with E-state index in [1.807, 2.05) is 6.07 Å². The lowest BCUT2D eigenvalue weighted by molar-refractivity contribution is 0.0972. The van der Waals surface area contributed by atoms with Gasteiger partial charge in [-0.05, 0) is 30.0 Å². The molecule has 2 aliphatic heterocycles. The van der Waals surface area contributed by atoms with Crippen LogP contribution in [0.3, 0.4) is 0 Å². The minimum absolute atomic E-state index is 0.109. The average Bonchev–Trinajstić information content (AvgIpc) is 3.15. The number of hydrogen-bond donors (Lipinski definition) is 0. The predicted octanol–water partition coefficient (Wildman–Crippen LogP) is 4.11. The van der Waals surface area contributed by atoms with Crippen molar-refractivity contribution in [3.05, 3.63) is 84.5 Å². The molecule has 2 aromatic rings. The first-order valence-electron chi connectivity index (χ1n) is 8.42. The smallest absolute Gasteiger partial charge is 0.169 e. The molecule has 1 atom stereocenters. The minimum atomic E-state index is 0.109. The maximum Gasteiger partial charge on any atom is 0.169 e. The molecule has 2 aliphatic rings. The van der Waals surface area contributed by atoms with Crippen LogP contribution in [0.1, 0.15) is 28.3 Å². The Morgan fingerprint density at radius 2 is 1.84 bits per heavy atom. The van der Waals surface area contributed by atoms with Gasteiger partial charge in [-0.1, -0.05) is 36.4 Å². The summed E-state index contributed by atoms with van der Waals surface area (Å²) in [4.78, 5) is 14.7. The Balaban J connectivity index is 1.33. The Hall–Kier alpha value is -3.01. The third-order valence-corrected chi connectivity index (χ3v) is 4.53. The van der Waals surface area contributed by atoms with Gasteiger partial charge in [0.1, 0.15) is 12.5 Å². The molecule has 0 saturated heterocycles. The lowest BCUT2D eigenvalue weighted by atomic mass is 10.0. The lowest BCUT2D eigenvalue weighted by Crippen LogP contribution is -2.21. The number of nitrogens with zero attached hydrogens (tertiary/aromatic N) is 1. The molecular formula is C21H19NO3. The highest BCUT2D eigenvalue weighted by Crippen LogP contribution is 2.31. The van der Waals surface area contributed by atoms with Crippen molar-refractivity contribution >= 4 is 5.78 Å². The van der Waals surface area contributed by atoms with Crippen molar-refractivity contribution in [3.8, 4) is 11.5 Å². The second kappa shape index (κ2) is 6.85. The van der Waals surface area contributed by atoms with E-state index in [2.05, 4.69) is 41.4 Å². The Bertz CT molecular complexity index is 826. The van der Waals surface area contributed by atoms with Crippen LogP contribution in [-0.4, -0.2) is 23.8 Å². The molecule has 0 aromatic heterocycles. The van der Waals surface area contributed by atoms with Gasteiger partial charge in [0, 0.05) is 31.0 Å². The number of hydrogen-bond acceptors (Lipinski definition) is 4. The first-order chi connectivity index (χ1) is 12.3. The number of rotatable bonds is 5. The van der Waals surface area contributed by atoms with Crippen LogP contribution in [0, 0.1) is 0 Å². The summed E-state index contributed by atoms with van der Waals surface area (Å²) in [5, 5.41) is 0. The summed E-state index contributed by atoms with van der Waals surface area (Å²) in [7, 11) is 0. The first kappa shape index (κ1) is 15.5. The predicted molar refractivity (Wildman–Crippen MR) is 95.7 cm³/mol. The van der Waals surface area contributed by atoms with Crippen LogP contribution in [-0.2, 0) is 0 Å². The molecule has 4 heteroatoms. The summed E-state index contributed by atoms with van der Waals surface area (Å²) >= 11 is 0. The van der Waals surface area contributed by atoms with Gasteiger partial charge in [-0.3, -0.25) is 4.79 Å². The van der Waals surface area contributed by atoms with Gasteiger partial charge in [0.15, 0.2) is 17.3 Å². The number of ether oxygens (including phenoxy) is 2. The summed E-state index contributed by atoms with van der Waals surface area (Å²) in [6.07, 6.45) is 7.72. The highest BCUT2D eigenvalue weighted by molar-refractivity contribution is 5.96. The number of benzene rings is 2. The number of carbonyl (C=O) groups excluding carboxylic acids is 1. The van der Waals surface area contributed by atoms with Gasteiger partial charge < -0.3 is 14.4 Å². The normalized spacial score (nSPS) is 17.8. The summed E-state index contributed by atoms with van der Waals surface area (Å²) in [5.74, 6) is 1.72. The zero-order chi connectivity index (χ0) is 17.1. The lowest BCUT2D eigenvalue weighted by Gasteiger charge is -2.18. The van der Waals surface area contributed by atoms with Crippen molar-refractivity contribution in [2.45, 2.75) is 12.3 Å². The Kier molecular flexibility index (Phi) is 4.25. The number of carbonyl (C=O) groups is 1. The molecule has 25 heavy (non-hydrogen) atoms. The molecule has 4 rings (SSSR count). The van der Waals surface area contributed by atoms with E-state index in [1.54, 1.807) is 18.2 Å². The van der Waals surface area contributed by atoms with Gasteiger partial charge in [0.25, 0.3) is 0 Å². The SMILES string of the molecule is O=C(CCN1C=CC(c2ccccc2)C1)c1ccc2c(c1)OC=CO2. The highest BCUT2D eigenvalue weighted by atomic mass is 16.5. The summed E-state index contributed by atoms with van der Waals surface area (Å²) < 4.78 is 10.7. The average molecular weight is 333 g/mol. The van der Waals surface area contributed by atoms with Crippen LogP contribution >= 0.6 is 0 Å². The Labute approximate surface area is 147 Å². The molecule has 0 amide bonds. The summed E-state index contributed by atoms with van der Waals surface area (Å²) in [6, 6.07) is 15.7. The van der Waals surface area contributed by atoms with E-state index in [0.717, 1.165) is 6.54 Å². The number of ketones is 1. The third-order valence-electron chi connectivity index (χ3n) is 4.53. The summed E-state index contributed by atoms with van der Waals surface area (Å²) in [6.45, 7) is 1.64. The second-order valence-corrected chi connectivity index (χ2v) is 6.20. The van der Waals surface area contributed by atoms with Gasteiger partial charge in [0.05, 0.1) is 0 Å². The van der Waals surface area contributed by atoms with Gasteiger partial charge in [-0.2, -0.15) is 0 Å². The zero-order valence-corrected chi connectivity index (χ0v) is 13.8. The molecule has 0 bridgehead atoms. The monoisotopic (exact) mass is 333 g/mol. The number of Topliss-reactive ketones (excluding diaryl/α,β-unsaturated/α-hetero) is 1. The highest BCUT2D eigenvalue weighted by Gasteiger charge is 2.19. The van der Waals surface area contributed by atoms with E-state index < -0.39 is 0 Å². The van der Waals surface area contributed by atoms with Crippen LogP contribution in [0.4, 0.5) is 0 Å². The zero-order valence-electron chi connectivity index (χ0n) is 13.8. The molecular weight excluding hydrogens is 314 g/mol. The molecule has 0 aliphatic carbocycles. The molecule has 0 saturated carbocycles. The summed E-state index contributed by atoms with van der Waals surface area (Å²) in [5.41, 5.74) is 1.97. The van der Waals surface area contributed by atoms with Gasteiger partial charge in [-0.15, -0.1) is 0 Å². The van der Waals surface area contributed by atoms with Crippen molar-refractivity contribution in [2.24, 2.45) is 0 Å². The van der Waals surface area contributed by atoms with Crippen LogP contribution in [0.2, 0.25) is 0 Å². The molecule has 0 N–H and O–H groups in total. The molecule has 1 unspecified atom stereocenters. The van der Waals surface area contributed by atoms with E-state index in [0.29, 0.717) is 35.9 Å². The maximum atomic E-state index is 12.5. The molecule has 0 radical (unpaired) electrons. The van der Waals surface area contributed by atoms with Gasteiger partial charge >= 0.3 is 0 Å². The van der Waals surface area contributed by atoms with Crippen molar-refractivity contribution < 1.29 is 14.3 Å². The van der Waals surface area contributed by atoms with Crippen molar-refractivity contribution in [1.29, 1.82) is 0 Å². The van der Waals surface area contributed by atoms with E-state index in [9.17, 15) is 4.79 Å². The van der Waals surface area contributed by atoms with Crippen LogP contribution < -0.4 is 9.47 Å². The largest absolute Gasteiger partial charge is 0.458 e. The van der Waals surface area contributed by atoms with Gasteiger partial charge in [0.2, 0.25) is 0 Å². The van der Waals surface area contributed by atoms with Crippen LogP contribution in [0.5, 0.6) is 11.5 Å². The first-order valence-corrected chi connectivity index (χ1v) is 8.42. The fraction of sp³-hybridized carbons (Fsp3) is 0.190. The van der Waals surface area contributed by atoms with E-state index in [4.69, 9.17) is 9.47 Å². The standard InChI is InChI=1S/C21H19NO3/c23-19(17-6-7-20-21(14-17)25-13-12-24-20)9-11-22-10-8-18(15-22)16-4-2-1-3-5-16/h1-8,10,12-14,18H,9,11,15H2. The third kappa shape index (κ3) is 3.43. The van der Waals surface area contributed by atoms with Crippen molar-refractivity contribution in [1.82, 2.24) is 4.90 Å². The number of fused-ring (bicyclic) bond motifs is 1. The minimum Gasteiger partial charge on any atom is -0.458 e. The molecule has 0 spiro atoms. The fourth-order valence-corrected chi connectivity index (χ4v) is 3.15. The molecule has 0 fully saturated rings. The second-order valence-electron chi connectivity index (χ2n) is 6.20. The van der Waals surface area contributed by atoms with Gasteiger partial charge in [-0.25, -0.2) is 0 Å². The molecule has 2 aromatic carbocycles. The van der Waals surface area contributed by atoms with Crippen LogP contribution in [0.15, 0.2) is 73.3 Å². The molecule has 2 heterocycles. The maximum absolute atomic E-state index is 12.5. The van der Waals surface area contributed by atoms with E-state index in [1.165, 1.54) is 18.1 Å². The quantitative estimate of drug-likeness (QED) is 0.772. The van der Waals surface area contributed by atoms with Crippen molar-refractivity contribution in [2.75, 3.05) is 13.1 Å². The van der Waals surface area contributed by atoms with E-state index >= 15 is 0 Å². The van der Waals surface area contributed by atoms with Crippen molar-refractivity contribution in [3.63, 3.8) is 0 Å². The fourth-order valence-electron chi connectivity index (χ4n) is 3.15. The Morgan fingerprint density at radius 3 is 2.68 bits per heavy atom. The molecule has 4 nitrogen and oxygen atoms in total.